The van der Waals surface area contributed by atoms with Crippen molar-refractivity contribution >= 4 is 0 Å². The molecule has 1 N–H and O–H groups in total. The minimum Gasteiger partial charge on any atom is -0.317 e. The van der Waals surface area contributed by atoms with E-state index in [9.17, 15) is 0 Å². The number of hydrogen-bond donors (Lipinski definition) is 1. The molecule has 0 heterocycles. The van der Waals surface area contributed by atoms with E-state index in [4.69, 9.17) is 6.42 Å². The van der Waals surface area contributed by atoms with Gasteiger partial charge in [-0.1, -0.05) is 26.2 Å². The van der Waals surface area contributed by atoms with Gasteiger partial charge in [0.2, 0.25) is 0 Å². The maximum Gasteiger partial charge on any atom is 0.0598 e. The molecule has 2 heteroatoms. The number of rotatable bonds is 10. The van der Waals surface area contributed by atoms with Gasteiger partial charge in [0, 0.05) is 0 Å². The highest BCUT2D eigenvalue weighted by molar-refractivity contribution is 4.87. The summed E-state index contributed by atoms with van der Waals surface area (Å²) in [6.07, 6.45) is 10.4. The quantitative estimate of drug-likeness (QED) is 0.439. The van der Waals surface area contributed by atoms with Gasteiger partial charge in [-0.05, 0) is 45.4 Å². The van der Waals surface area contributed by atoms with Gasteiger partial charge >= 0.3 is 0 Å². The predicted molar refractivity (Wildman–Crippen MR) is 68.0 cm³/mol. The van der Waals surface area contributed by atoms with Crippen molar-refractivity contribution in [3.05, 3.63) is 0 Å². The summed E-state index contributed by atoms with van der Waals surface area (Å²) >= 11 is 0. The molecular weight excluding hydrogens is 184 g/mol. The minimum atomic E-state index is 0.796. The Bertz CT molecular complexity index is 160. The van der Waals surface area contributed by atoms with Gasteiger partial charge in [-0.3, -0.25) is 4.90 Å². The summed E-state index contributed by atoms with van der Waals surface area (Å²) in [4.78, 5) is 2.32. The molecule has 0 aromatic rings. The average molecular weight is 210 g/mol. The van der Waals surface area contributed by atoms with Crippen LogP contribution in [0.25, 0.3) is 0 Å². The van der Waals surface area contributed by atoms with Crippen molar-refractivity contribution < 1.29 is 0 Å². The summed E-state index contributed by atoms with van der Waals surface area (Å²) in [6, 6.07) is 0. The zero-order chi connectivity index (χ0) is 11.4. The second-order valence-corrected chi connectivity index (χ2v) is 3.88. The molecule has 2 nitrogen and oxygen atoms in total. The highest BCUT2D eigenvalue weighted by Crippen LogP contribution is 1.97. The molecule has 0 unspecified atom stereocenters. The monoisotopic (exact) mass is 210 g/mol. The van der Waals surface area contributed by atoms with Gasteiger partial charge in [-0.25, -0.2) is 0 Å². The average Bonchev–Trinajstić information content (AvgIpc) is 2.26. The second kappa shape index (κ2) is 11.6. The third-order valence-electron chi connectivity index (χ3n) is 2.52. The van der Waals surface area contributed by atoms with Crippen LogP contribution in [-0.2, 0) is 0 Å². The van der Waals surface area contributed by atoms with E-state index in [0.29, 0.717) is 0 Å². The van der Waals surface area contributed by atoms with Gasteiger partial charge < -0.3 is 5.32 Å². The highest BCUT2D eigenvalue weighted by Gasteiger charge is 1.98. The molecule has 0 fully saturated rings. The van der Waals surface area contributed by atoms with E-state index in [-0.39, 0.29) is 0 Å². The molecule has 0 bridgehead atoms. The Kier molecular flexibility index (Phi) is 11.2. The summed E-state index contributed by atoms with van der Waals surface area (Å²) < 4.78 is 0. The Labute approximate surface area is 95.4 Å². The molecule has 15 heavy (non-hydrogen) atoms. The maximum atomic E-state index is 5.29. The molecule has 0 rings (SSSR count). The van der Waals surface area contributed by atoms with Crippen LogP contribution in [0.4, 0.5) is 0 Å². The van der Waals surface area contributed by atoms with Crippen LogP contribution in [0.5, 0.6) is 0 Å². The zero-order valence-corrected chi connectivity index (χ0v) is 10.4. The second-order valence-electron chi connectivity index (χ2n) is 3.88. The Morgan fingerprint density at radius 1 is 1.13 bits per heavy atom. The van der Waals surface area contributed by atoms with E-state index in [0.717, 1.165) is 32.7 Å². The van der Waals surface area contributed by atoms with Crippen molar-refractivity contribution in [3.8, 4) is 12.3 Å². The molecule has 0 spiro atoms. The van der Waals surface area contributed by atoms with Crippen LogP contribution in [0, 0.1) is 12.3 Å². The molecule has 0 aliphatic heterocycles. The fraction of sp³-hybridized carbons (Fsp3) is 0.846. The minimum absolute atomic E-state index is 0.796. The number of nitrogens with one attached hydrogen (secondary N) is 1. The van der Waals surface area contributed by atoms with Crippen molar-refractivity contribution in [2.24, 2.45) is 0 Å². The molecule has 0 aromatic carbocycles. The van der Waals surface area contributed by atoms with Gasteiger partial charge in [-0.2, -0.15) is 0 Å². The standard InChI is InChI=1S/C13H26N2/c1-4-10-14-11-8-7-9-13-15(6-3)12-5-2/h2,14H,4,6-13H2,1,3H3. The van der Waals surface area contributed by atoms with E-state index in [1.54, 1.807) is 0 Å². The predicted octanol–water partition coefficient (Wildman–Crippen LogP) is 2.11. The van der Waals surface area contributed by atoms with Crippen LogP contribution >= 0.6 is 0 Å². The van der Waals surface area contributed by atoms with Crippen LogP contribution in [0.2, 0.25) is 0 Å². The lowest BCUT2D eigenvalue weighted by molar-refractivity contribution is 0.314. The number of hydrogen-bond acceptors (Lipinski definition) is 2. The van der Waals surface area contributed by atoms with Crippen LogP contribution in [0.3, 0.4) is 0 Å². The van der Waals surface area contributed by atoms with E-state index in [1.165, 1.54) is 25.7 Å². The van der Waals surface area contributed by atoms with Crippen molar-refractivity contribution in [1.29, 1.82) is 0 Å². The van der Waals surface area contributed by atoms with E-state index < -0.39 is 0 Å². The lowest BCUT2D eigenvalue weighted by Crippen LogP contribution is -2.25. The first-order chi connectivity index (χ1) is 7.35. The third-order valence-corrected chi connectivity index (χ3v) is 2.52. The summed E-state index contributed by atoms with van der Waals surface area (Å²) in [7, 11) is 0. The van der Waals surface area contributed by atoms with Gasteiger partial charge in [0.1, 0.15) is 0 Å². The first-order valence-electron chi connectivity index (χ1n) is 6.21. The van der Waals surface area contributed by atoms with Gasteiger partial charge in [-0.15, -0.1) is 6.42 Å². The van der Waals surface area contributed by atoms with Gasteiger partial charge in [0.05, 0.1) is 6.54 Å². The fourth-order valence-corrected chi connectivity index (χ4v) is 1.54. The Balaban J connectivity index is 3.18. The van der Waals surface area contributed by atoms with Crippen molar-refractivity contribution in [2.75, 3.05) is 32.7 Å². The Morgan fingerprint density at radius 3 is 2.53 bits per heavy atom. The number of unbranched alkanes of at least 4 members (excludes halogenated alkanes) is 2. The van der Waals surface area contributed by atoms with E-state index in [1.807, 2.05) is 0 Å². The van der Waals surface area contributed by atoms with Gasteiger partial charge in [0.25, 0.3) is 0 Å². The highest BCUT2D eigenvalue weighted by atomic mass is 15.1. The third kappa shape index (κ3) is 9.78. The molecule has 0 aliphatic carbocycles. The number of nitrogens with zero attached hydrogens (tertiary/aromatic N) is 1. The van der Waals surface area contributed by atoms with Crippen LogP contribution in [0.15, 0.2) is 0 Å². The van der Waals surface area contributed by atoms with E-state index >= 15 is 0 Å². The summed E-state index contributed by atoms with van der Waals surface area (Å²) in [6.45, 7) is 9.69. The van der Waals surface area contributed by atoms with Crippen molar-refractivity contribution in [3.63, 3.8) is 0 Å². The first-order valence-corrected chi connectivity index (χ1v) is 6.21. The van der Waals surface area contributed by atoms with Crippen LogP contribution < -0.4 is 5.32 Å². The molecule has 0 atom stereocenters. The summed E-state index contributed by atoms with van der Waals surface area (Å²) in [5.41, 5.74) is 0. The van der Waals surface area contributed by atoms with Crippen molar-refractivity contribution in [2.45, 2.75) is 39.5 Å². The fourth-order valence-electron chi connectivity index (χ4n) is 1.54. The van der Waals surface area contributed by atoms with E-state index in [2.05, 4.69) is 30.0 Å². The maximum absolute atomic E-state index is 5.29. The number of terminal acetylenes is 1. The molecule has 88 valence electrons. The smallest absolute Gasteiger partial charge is 0.0598 e. The zero-order valence-electron chi connectivity index (χ0n) is 10.4. The summed E-state index contributed by atoms with van der Waals surface area (Å²) in [5.74, 6) is 2.70. The Morgan fingerprint density at radius 2 is 1.93 bits per heavy atom. The van der Waals surface area contributed by atoms with Crippen molar-refractivity contribution in [1.82, 2.24) is 10.2 Å². The van der Waals surface area contributed by atoms with Crippen LogP contribution in [-0.4, -0.2) is 37.6 Å². The largest absolute Gasteiger partial charge is 0.317 e. The molecule has 0 saturated heterocycles. The first kappa shape index (κ1) is 14.5. The molecule has 0 saturated carbocycles. The van der Waals surface area contributed by atoms with Crippen LogP contribution in [0.1, 0.15) is 39.5 Å². The molecular formula is C13H26N2. The summed E-state index contributed by atoms with van der Waals surface area (Å²) in [5, 5.41) is 3.42. The lowest BCUT2D eigenvalue weighted by Gasteiger charge is -2.16. The lowest BCUT2D eigenvalue weighted by atomic mass is 10.2. The van der Waals surface area contributed by atoms with Gasteiger partial charge in [0.15, 0.2) is 0 Å². The SMILES string of the molecule is C#CCN(CC)CCCCCNCCC. The Hall–Kier alpha value is -0.520. The normalized spacial score (nSPS) is 10.5. The molecule has 0 amide bonds. The molecule has 0 aliphatic rings. The topological polar surface area (TPSA) is 15.3 Å². The molecule has 0 aromatic heterocycles. The molecule has 0 radical (unpaired) electrons.